The molecule has 2 aliphatic rings. The molecule has 4 unspecified atom stereocenters. The maximum atomic E-state index is 6.02. The van der Waals surface area contributed by atoms with Gasteiger partial charge in [0.2, 0.25) is 0 Å². The Balaban J connectivity index is 1.91. The van der Waals surface area contributed by atoms with Crippen molar-refractivity contribution in [3.8, 4) is 0 Å². The third-order valence-electron chi connectivity index (χ3n) is 4.75. The maximum Gasteiger partial charge on any atom is 0.0706 e. The van der Waals surface area contributed by atoms with Crippen molar-refractivity contribution < 1.29 is 4.74 Å². The minimum Gasteiger partial charge on any atom is -0.374 e. The summed E-state index contributed by atoms with van der Waals surface area (Å²) in [5.41, 5.74) is 0. The van der Waals surface area contributed by atoms with Crippen LogP contribution in [0.25, 0.3) is 0 Å². The van der Waals surface area contributed by atoms with E-state index in [1.165, 1.54) is 32.2 Å². The van der Waals surface area contributed by atoms with E-state index in [9.17, 15) is 0 Å². The van der Waals surface area contributed by atoms with Crippen LogP contribution in [0, 0.1) is 5.92 Å². The molecule has 3 heteroatoms. The van der Waals surface area contributed by atoms with E-state index in [1.807, 2.05) is 0 Å². The van der Waals surface area contributed by atoms with Crippen LogP contribution in [0.3, 0.4) is 0 Å². The predicted octanol–water partition coefficient (Wildman–Crippen LogP) is 2.65. The van der Waals surface area contributed by atoms with Crippen LogP contribution >= 0.6 is 0 Å². The van der Waals surface area contributed by atoms with Gasteiger partial charge in [0.1, 0.15) is 0 Å². The van der Waals surface area contributed by atoms with Gasteiger partial charge in [0.25, 0.3) is 0 Å². The molecule has 0 saturated carbocycles. The second-order valence-electron chi connectivity index (χ2n) is 6.80. The molecule has 112 valence electrons. The lowest BCUT2D eigenvalue weighted by atomic mass is 9.97. The van der Waals surface area contributed by atoms with Crippen LogP contribution in [0.2, 0.25) is 0 Å². The van der Waals surface area contributed by atoms with Crippen LogP contribution in [-0.4, -0.2) is 48.8 Å². The van der Waals surface area contributed by atoms with Gasteiger partial charge < -0.3 is 10.1 Å². The van der Waals surface area contributed by atoms with Crippen molar-refractivity contribution in [3.05, 3.63) is 0 Å². The van der Waals surface area contributed by atoms with E-state index in [0.29, 0.717) is 30.2 Å². The molecular formula is C16H32N2O. The molecule has 2 saturated heterocycles. The van der Waals surface area contributed by atoms with Crippen molar-refractivity contribution in [2.24, 2.45) is 5.92 Å². The van der Waals surface area contributed by atoms with Crippen molar-refractivity contribution in [1.82, 2.24) is 10.2 Å². The first-order valence-corrected chi connectivity index (χ1v) is 8.23. The molecule has 0 spiro atoms. The third-order valence-corrected chi connectivity index (χ3v) is 4.75. The molecule has 0 amide bonds. The van der Waals surface area contributed by atoms with E-state index in [0.717, 1.165) is 13.1 Å². The minimum absolute atomic E-state index is 0.471. The fourth-order valence-electron chi connectivity index (χ4n) is 3.45. The zero-order chi connectivity index (χ0) is 13.8. The van der Waals surface area contributed by atoms with Crippen molar-refractivity contribution in [2.75, 3.05) is 19.6 Å². The standard InChI is InChI=1S/C16H32N2O/c1-5-6-14-9-17-16(12(2)3)11-18(14)10-15-8-7-13(4)19-15/h12-17H,5-11H2,1-4H3. The van der Waals surface area contributed by atoms with Crippen LogP contribution in [0.1, 0.15) is 53.4 Å². The average Bonchev–Trinajstić information content (AvgIpc) is 2.77. The summed E-state index contributed by atoms with van der Waals surface area (Å²) in [5, 5.41) is 3.73. The van der Waals surface area contributed by atoms with Gasteiger partial charge >= 0.3 is 0 Å². The molecule has 19 heavy (non-hydrogen) atoms. The van der Waals surface area contributed by atoms with E-state index < -0.39 is 0 Å². The number of nitrogens with zero attached hydrogens (tertiary/aromatic N) is 1. The van der Waals surface area contributed by atoms with Gasteiger partial charge in [-0.15, -0.1) is 0 Å². The van der Waals surface area contributed by atoms with Crippen molar-refractivity contribution in [2.45, 2.75) is 77.7 Å². The number of rotatable bonds is 5. The number of ether oxygens (including phenoxy) is 1. The quantitative estimate of drug-likeness (QED) is 0.829. The van der Waals surface area contributed by atoms with Gasteiger partial charge in [-0.2, -0.15) is 0 Å². The Hall–Kier alpha value is -0.120. The van der Waals surface area contributed by atoms with Crippen LogP contribution < -0.4 is 5.32 Å². The van der Waals surface area contributed by atoms with Crippen LogP contribution in [0.15, 0.2) is 0 Å². The van der Waals surface area contributed by atoms with E-state index in [1.54, 1.807) is 0 Å². The molecule has 3 nitrogen and oxygen atoms in total. The van der Waals surface area contributed by atoms with Gasteiger partial charge in [-0.1, -0.05) is 27.2 Å². The SMILES string of the molecule is CCCC1CNC(C(C)C)CN1CC1CCC(C)O1. The average molecular weight is 268 g/mol. The molecule has 1 N–H and O–H groups in total. The lowest BCUT2D eigenvalue weighted by Crippen LogP contribution is -2.59. The zero-order valence-corrected chi connectivity index (χ0v) is 13.2. The molecule has 2 fully saturated rings. The van der Waals surface area contributed by atoms with E-state index in [4.69, 9.17) is 4.74 Å². The fourth-order valence-corrected chi connectivity index (χ4v) is 3.45. The van der Waals surface area contributed by atoms with Crippen LogP contribution in [0.5, 0.6) is 0 Å². The minimum atomic E-state index is 0.471. The molecule has 0 radical (unpaired) electrons. The molecule has 2 heterocycles. The Bertz CT molecular complexity index is 269. The van der Waals surface area contributed by atoms with Gasteiger partial charge in [0.15, 0.2) is 0 Å². The Morgan fingerprint density at radius 2 is 2.11 bits per heavy atom. The summed E-state index contributed by atoms with van der Waals surface area (Å²) in [5.74, 6) is 0.716. The number of hydrogen-bond donors (Lipinski definition) is 1. The first-order chi connectivity index (χ1) is 9.10. The smallest absolute Gasteiger partial charge is 0.0706 e. The second-order valence-corrected chi connectivity index (χ2v) is 6.80. The molecule has 0 aromatic carbocycles. The Morgan fingerprint density at radius 1 is 1.32 bits per heavy atom. The summed E-state index contributed by atoms with van der Waals surface area (Å²) < 4.78 is 6.02. The fraction of sp³-hybridized carbons (Fsp3) is 1.00. The van der Waals surface area contributed by atoms with Crippen molar-refractivity contribution >= 4 is 0 Å². The van der Waals surface area contributed by atoms with Gasteiger partial charge in [-0.25, -0.2) is 0 Å². The molecule has 0 bridgehead atoms. The lowest BCUT2D eigenvalue weighted by molar-refractivity contribution is 0.00623. The summed E-state index contributed by atoms with van der Waals surface area (Å²) in [6.45, 7) is 12.6. The highest BCUT2D eigenvalue weighted by Gasteiger charge is 2.32. The molecular weight excluding hydrogens is 236 g/mol. The summed E-state index contributed by atoms with van der Waals surface area (Å²) in [6, 6.07) is 1.35. The van der Waals surface area contributed by atoms with E-state index in [2.05, 4.69) is 37.9 Å². The number of nitrogens with one attached hydrogen (secondary N) is 1. The monoisotopic (exact) mass is 268 g/mol. The highest BCUT2D eigenvalue weighted by atomic mass is 16.5. The van der Waals surface area contributed by atoms with Crippen LogP contribution in [-0.2, 0) is 4.74 Å². The Labute approximate surface area is 119 Å². The summed E-state index contributed by atoms with van der Waals surface area (Å²) in [6.07, 6.45) is 6.01. The van der Waals surface area contributed by atoms with Gasteiger partial charge in [-0.3, -0.25) is 4.90 Å². The lowest BCUT2D eigenvalue weighted by Gasteiger charge is -2.42. The molecule has 2 rings (SSSR count). The highest BCUT2D eigenvalue weighted by Crippen LogP contribution is 2.23. The van der Waals surface area contributed by atoms with Gasteiger partial charge in [0, 0.05) is 31.7 Å². The summed E-state index contributed by atoms with van der Waals surface area (Å²) >= 11 is 0. The summed E-state index contributed by atoms with van der Waals surface area (Å²) in [7, 11) is 0. The van der Waals surface area contributed by atoms with Gasteiger partial charge in [-0.05, 0) is 32.1 Å². The largest absolute Gasteiger partial charge is 0.374 e. The number of hydrogen-bond acceptors (Lipinski definition) is 3. The van der Waals surface area contributed by atoms with Gasteiger partial charge in [0.05, 0.1) is 12.2 Å². The van der Waals surface area contributed by atoms with Crippen molar-refractivity contribution in [3.63, 3.8) is 0 Å². The summed E-state index contributed by atoms with van der Waals surface area (Å²) in [4.78, 5) is 2.70. The van der Waals surface area contributed by atoms with E-state index >= 15 is 0 Å². The normalized spacial score (nSPS) is 37.1. The second kappa shape index (κ2) is 7.05. The third kappa shape index (κ3) is 4.17. The molecule has 0 aliphatic carbocycles. The first kappa shape index (κ1) is 15.3. The molecule has 0 aromatic heterocycles. The zero-order valence-electron chi connectivity index (χ0n) is 13.2. The highest BCUT2D eigenvalue weighted by molar-refractivity contribution is 4.89. The molecule has 0 aromatic rings. The topological polar surface area (TPSA) is 24.5 Å². The Kier molecular flexibility index (Phi) is 5.67. The molecule has 4 atom stereocenters. The Morgan fingerprint density at radius 3 is 2.68 bits per heavy atom. The van der Waals surface area contributed by atoms with Crippen LogP contribution in [0.4, 0.5) is 0 Å². The molecule has 2 aliphatic heterocycles. The predicted molar refractivity (Wildman–Crippen MR) is 80.5 cm³/mol. The first-order valence-electron chi connectivity index (χ1n) is 8.23. The van der Waals surface area contributed by atoms with Crippen molar-refractivity contribution in [1.29, 1.82) is 0 Å². The van der Waals surface area contributed by atoms with E-state index in [-0.39, 0.29) is 0 Å². The maximum absolute atomic E-state index is 6.02. The number of piperazine rings is 1.